The summed E-state index contributed by atoms with van der Waals surface area (Å²) in [5.74, 6) is -0.838. The van der Waals surface area contributed by atoms with E-state index in [9.17, 15) is 22.4 Å². The average Bonchev–Trinajstić information content (AvgIpc) is 3.34. The minimum atomic E-state index is -4.63. The van der Waals surface area contributed by atoms with Crippen LogP contribution in [-0.2, 0) is 29.9 Å². The van der Waals surface area contributed by atoms with E-state index in [4.69, 9.17) is 4.74 Å². The first-order chi connectivity index (χ1) is 15.4. The lowest BCUT2D eigenvalue weighted by atomic mass is 9.92. The summed E-state index contributed by atoms with van der Waals surface area (Å²) in [6.07, 6.45) is -2.84. The number of alkyl halides is 4. The molecule has 1 aliphatic heterocycles. The SMILES string of the molecule is Cn1c(C(C)(C)C)cc(=NC(=O)c2cc(C(F)(F)F)ccc2NCCF)n1C[C@H]1CCCO1. The molecule has 1 N–H and O–H groups in total. The van der Waals surface area contributed by atoms with Crippen LogP contribution in [0.2, 0.25) is 0 Å². The van der Waals surface area contributed by atoms with Gasteiger partial charge in [0.05, 0.1) is 23.8 Å². The summed E-state index contributed by atoms with van der Waals surface area (Å²) in [4.78, 5) is 17.3. The van der Waals surface area contributed by atoms with Crippen LogP contribution in [0.25, 0.3) is 0 Å². The Balaban J connectivity index is 2.10. The summed E-state index contributed by atoms with van der Waals surface area (Å²) in [5, 5.41) is 2.67. The van der Waals surface area contributed by atoms with E-state index in [-0.39, 0.29) is 29.3 Å². The molecule has 182 valence electrons. The van der Waals surface area contributed by atoms with Gasteiger partial charge in [-0.25, -0.2) is 4.39 Å². The van der Waals surface area contributed by atoms with E-state index in [0.29, 0.717) is 18.6 Å². The number of carbonyl (C=O) groups excluding carboxylic acids is 1. The number of hydrogen-bond acceptors (Lipinski definition) is 3. The molecular formula is C23H30F4N4O2. The summed E-state index contributed by atoms with van der Waals surface area (Å²) in [6, 6.07) is 4.52. The third kappa shape index (κ3) is 5.85. The number of benzene rings is 1. The van der Waals surface area contributed by atoms with Gasteiger partial charge in [-0.3, -0.25) is 14.2 Å². The fraction of sp³-hybridized carbons (Fsp3) is 0.565. The number of amides is 1. The van der Waals surface area contributed by atoms with Crippen LogP contribution in [0, 0.1) is 0 Å². The van der Waals surface area contributed by atoms with Gasteiger partial charge in [-0.05, 0) is 31.0 Å². The van der Waals surface area contributed by atoms with E-state index in [1.807, 2.05) is 37.2 Å². The number of anilines is 1. The molecule has 6 nitrogen and oxygen atoms in total. The van der Waals surface area contributed by atoms with Gasteiger partial charge in [-0.1, -0.05) is 20.8 Å². The van der Waals surface area contributed by atoms with Gasteiger partial charge in [0.2, 0.25) is 0 Å². The van der Waals surface area contributed by atoms with Crippen LogP contribution in [0.3, 0.4) is 0 Å². The van der Waals surface area contributed by atoms with Crippen molar-refractivity contribution in [2.75, 3.05) is 25.1 Å². The van der Waals surface area contributed by atoms with Gasteiger partial charge in [-0.15, -0.1) is 0 Å². The Labute approximate surface area is 190 Å². The second-order valence-electron chi connectivity index (χ2n) is 9.17. The number of nitrogens with zero attached hydrogens (tertiary/aromatic N) is 3. The van der Waals surface area contributed by atoms with Crippen LogP contribution in [0.15, 0.2) is 29.3 Å². The van der Waals surface area contributed by atoms with Gasteiger partial charge in [0.15, 0.2) is 5.49 Å². The third-order valence-electron chi connectivity index (χ3n) is 5.61. The number of carbonyl (C=O) groups is 1. The van der Waals surface area contributed by atoms with Crippen LogP contribution in [0.4, 0.5) is 23.2 Å². The van der Waals surface area contributed by atoms with Gasteiger partial charge >= 0.3 is 6.18 Å². The van der Waals surface area contributed by atoms with E-state index in [0.717, 1.165) is 36.7 Å². The largest absolute Gasteiger partial charge is 0.416 e. The summed E-state index contributed by atoms with van der Waals surface area (Å²) in [7, 11) is 1.86. The molecule has 0 spiro atoms. The predicted octanol–water partition coefficient (Wildman–Crippen LogP) is 4.44. The number of halogens is 4. The highest BCUT2D eigenvalue weighted by atomic mass is 19.4. The molecule has 0 unspecified atom stereocenters. The van der Waals surface area contributed by atoms with Crippen molar-refractivity contribution in [1.29, 1.82) is 0 Å². The highest BCUT2D eigenvalue weighted by Crippen LogP contribution is 2.32. The van der Waals surface area contributed by atoms with Crippen molar-refractivity contribution in [2.24, 2.45) is 12.0 Å². The van der Waals surface area contributed by atoms with Crippen LogP contribution >= 0.6 is 0 Å². The van der Waals surface area contributed by atoms with Gasteiger partial charge in [-0.2, -0.15) is 18.2 Å². The molecule has 0 aliphatic carbocycles. The zero-order valence-corrected chi connectivity index (χ0v) is 19.3. The van der Waals surface area contributed by atoms with Gasteiger partial charge in [0.1, 0.15) is 6.67 Å². The minimum absolute atomic E-state index is 0.0317. The maximum Gasteiger partial charge on any atom is 0.416 e. The minimum Gasteiger partial charge on any atom is -0.382 e. The van der Waals surface area contributed by atoms with Crippen LogP contribution in [-0.4, -0.2) is 41.2 Å². The zero-order chi connectivity index (χ0) is 24.4. The van der Waals surface area contributed by atoms with Crippen molar-refractivity contribution in [1.82, 2.24) is 9.36 Å². The molecule has 1 aliphatic rings. The molecule has 0 saturated carbocycles. The number of hydrogen-bond donors (Lipinski definition) is 1. The van der Waals surface area contributed by atoms with E-state index < -0.39 is 24.3 Å². The molecule has 1 aromatic carbocycles. The summed E-state index contributed by atoms with van der Waals surface area (Å²) in [5.41, 5.74) is -0.144. The molecule has 0 bridgehead atoms. The topological polar surface area (TPSA) is 60.5 Å². The molecule has 2 aromatic rings. The second-order valence-corrected chi connectivity index (χ2v) is 9.17. The lowest BCUT2D eigenvalue weighted by molar-refractivity contribution is -0.137. The maximum atomic E-state index is 13.3. The normalized spacial score (nSPS) is 17.6. The van der Waals surface area contributed by atoms with Crippen molar-refractivity contribution < 1.29 is 27.1 Å². The predicted molar refractivity (Wildman–Crippen MR) is 117 cm³/mol. The lowest BCUT2D eigenvalue weighted by Gasteiger charge is -2.21. The fourth-order valence-corrected chi connectivity index (χ4v) is 3.96. The second kappa shape index (κ2) is 9.70. The van der Waals surface area contributed by atoms with E-state index >= 15 is 0 Å². The monoisotopic (exact) mass is 470 g/mol. The molecule has 1 saturated heterocycles. The third-order valence-corrected chi connectivity index (χ3v) is 5.61. The first-order valence-corrected chi connectivity index (χ1v) is 10.9. The Hall–Kier alpha value is -2.62. The molecule has 1 atom stereocenters. The molecule has 1 aromatic heterocycles. The highest BCUT2D eigenvalue weighted by Gasteiger charge is 2.32. The number of ether oxygens (including phenoxy) is 1. The lowest BCUT2D eigenvalue weighted by Crippen LogP contribution is -2.30. The molecule has 33 heavy (non-hydrogen) atoms. The zero-order valence-electron chi connectivity index (χ0n) is 19.3. The Morgan fingerprint density at radius 1 is 1.24 bits per heavy atom. The molecule has 10 heteroatoms. The van der Waals surface area contributed by atoms with Crippen molar-refractivity contribution in [3.05, 3.63) is 46.6 Å². The van der Waals surface area contributed by atoms with Crippen LogP contribution < -0.4 is 10.8 Å². The number of rotatable bonds is 6. The Morgan fingerprint density at radius 2 is 1.97 bits per heavy atom. The van der Waals surface area contributed by atoms with Crippen molar-refractivity contribution in [3.63, 3.8) is 0 Å². The smallest absolute Gasteiger partial charge is 0.382 e. The number of nitrogens with one attached hydrogen (secondary N) is 1. The number of aromatic nitrogens is 2. The average molecular weight is 471 g/mol. The van der Waals surface area contributed by atoms with Crippen molar-refractivity contribution >= 4 is 11.6 Å². The molecule has 2 heterocycles. The quantitative estimate of drug-likeness (QED) is 0.635. The molecule has 3 rings (SSSR count). The molecule has 1 amide bonds. The molecular weight excluding hydrogens is 440 g/mol. The van der Waals surface area contributed by atoms with Crippen molar-refractivity contribution in [2.45, 2.75) is 57.9 Å². The first kappa shape index (κ1) is 25.0. The Bertz CT molecular complexity index is 1060. The fourth-order valence-electron chi connectivity index (χ4n) is 3.96. The molecule has 1 fully saturated rings. The van der Waals surface area contributed by atoms with Gasteiger partial charge in [0.25, 0.3) is 5.91 Å². The molecule has 0 radical (unpaired) electrons. The van der Waals surface area contributed by atoms with Crippen LogP contribution in [0.1, 0.15) is 55.2 Å². The summed E-state index contributed by atoms with van der Waals surface area (Å²) in [6.45, 7) is 6.34. The van der Waals surface area contributed by atoms with E-state index in [2.05, 4.69) is 10.3 Å². The Morgan fingerprint density at radius 3 is 2.55 bits per heavy atom. The van der Waals surface area contributed by atoms with Crippen LogP contribution in [0.5, 0.6) is 0 Å². The van der Waals surface area contributed by atoms with Gasteiger partial charge in [0, 0.05) is 43.1 Å². The van der Waals surface area contributed by atoms with Gasteiger partial charge < -0.3 is 10.1 Å². The maximum absolute atomic E-state index is 13.3. The highest BCUT2D eigenvalue weighted by molar-refractivity contribution is 6.00. The summed E-state index contributed by atoms with van der Waals surface area (Å²) < 4.78 is 62.0. The van der Waals surface area contributed by atoms with Crippen molar-refractivity contribution in [3.8, 4) is 0 Å². The summed E-state index contributed by atoms with van der Waals surface area (Å²) >= 11 is 0. The first-order valence-electron chi connectivity index (χ1n) is 10.9. The van der Waals surface area contributed by atoms with E-state index in [1.165, 1.54) is 0 Å². The Kier molecular flexibility index (Phi) is 7.36. The standard InChI is InChI=1S/C23H30F4N4O2/c1-22(2,3)19-13-20(31(30(19)4)14-16-6-5-11-33-16)29-21(32)17-12-15(23(25,26)27)7-8-18(17)28-10-9-24/h7-8,12-13,16,28H,5-6,9-11,14H2,1-4H3/t16-/m1/s1. The van der Waals surface area contributed by atoms with E-state index in [1.54, 1.807) is 6.07 Å².